The second-order valence-electron chi connectivity index (χ2n) is 4.45. The Hall–Kier alpha value is -0.730. The molecular weight excluding hydrogens is 164 g/mol. The predicted octanol–water partition coefficient (Wildman–Crippen LogP) is 1.49. The van der Waals surface area contributed by atoms with Gasteiger partial charge in [0.25, 0.3) is 0 Å². The molecule has 2 saturated carbocycles. The summed E-state index contributed by atoms with van der Waals surface area (Å²) in [6, 6.07) is 0.938. The predicted molar refractivity (Wildman–Crippen MR) is 51.4 cm³/mol. The fourth-order valence-electron chi connectivity index (χ4n) is 1.78. The Kier molecular flexibility index (Phi) is 2.18. The van der Waals surface area contributed by atoms with Crippen LogP contribution in [0.2, 0.25) is 0 Å². The molecule has 0 aromatic carbocycles. The van der Waals surface area contributed by atoms with Crippen LogP contribution in [0.1, 0.15) is 33.1 Å². The first-order valence-corrected chi connectivity index (χ1v) is 5.27. The van der Waals surface area contributed by atoms with Gasteiger partial charge >= 0.3 is 6.03 Å². The van der Waals surface area contributed by atoms with E-state index in [2.05, 4.69) is 24.5 Å². The molecule has 2 amide bonds. The maximum absolute atomic E-state index is 11.3. The summed E-state index contributed by atoms with van der Waals surface area (Å²) in [4.78, 5) is 11.3. The van der Waals surface area contributed by atoms with E-state index in [1.54, 1.807) is 0 Å². The molecule has 0 heterocycles. The van der Waals surface area contributed by atoms with Gasteiger partial charge in [0, 0.05) is 12.1 Å². The minimum absolute atomic E-state index is 0.0373. The summed E-state index contributed by atoms with van der Waals surface area (Å²) in [7, 11) is 0. The van der Waals surface area contributed by atoms with E-state index >= 15 is 0 Å². The smallest absolute Gasteiger partial charge is 0.315 e. The highest BCUT2D eigenvalue weighted by Gasteiger charge is 2.38. The molecule has 0 aliphatic heterocycles. The largest absolute Gasteiger partial charge is 0.335 e. The second-order valence-corrected chi connectivity index (χ2v) is 4.45. The van der Waals surface area contributed by atoms with Crippen LogP contribution in [-0.4, -0.2) is 18.1 Å². The zero-order valence-corrected chi connectivity index (χ0v) is 8.34. The third kappa shape index (κ3) is 2.14. The topological polar surface area (TPSA) is 41.1 Å². The average molecular weight is 182 g/mol. The summed E-state index contributed by atoms with van der Waals surface area (Å²) in [5, 5.41) is 5.97. The molecule has 0 aromatic rings. The number of rotatable bonds is 3. The monoisotopic (exact) mass is 182 g/mol. The fourth-order valence-corrected chi connectivity index (χ4v) is 1.78. The first-order chi connectivity index (χ1) is 6.20. The number of hydrogen-bond acceptors (Lipinski definition) is 1. The molecule has 0 radical (unpaired) electrons. The van der Waals surface area contributed by atoms with Crippen molar-refractivity contribution in [1.82, 2.24) is 10.6 Å². The molecule has 0 aromatic heterocycles. The third-order valence-electron chi connectivity index (χ3n) is 3.19. The third-order valence-corrected chi connectivity index (χ3v) is 3.19. The van der Waals surface area contributed by atoms with Gasteiger partial charge in [0.15, 0.2) is 0 Å². The highest BCUT2D eigenvalue weighted by molar-refractivity contribution is 5.75. The molecule has 3 heteroatoms. The minimum Gasteiger partial charge on any atom is -0.335 e. The standard InChI is InChI=1S/C10H18N2O/c1-3-7-5-9(7)12-10(13)11-8-4-6(8)2/h6-9H,3-5H2,1-2H3,(H2,11,12,13)/t6-,7-,8-,9-/m1/s1. The minimum atomic E-state index is 0.0373. The van der Waals surface area contributed by atoms with Gasteiger partial charge < -0.3 is 10.6 Å². The van der Waals surface area contributed by atoms with Crippen LogP contribution in [-0.2, 0) is 0 Å². The van der Waals surface area contributed by atoms with Crippen LogP contribution in [0.3, 0.4) is 0 Å². The van der Waals surface area contributed by atoms with Gasteiger partial charge in [0.05, 0.1) is 0 Å². The quantitative estimate of drug-likeness (QED) is 0.682. The van der Waals surface area contributed by atoms with E-state index in [1.807, 2.05) is 0 Å². The van der Waals surface area contributed by atoms with E-state index in [1.165, 1.54) is 12.8 Å². The SMILES string of the molecule is CC[C@@H]1C[C@H]1NC(=O)N[C@@H]1C[C@H]1C. The van der Waals surface area contributed by atoms with Gasteiger partial charge in [-0.05, 0) is 24.7 Å². The molecule has 0 spiro atoms. The van der Waals surface area contributed by atoms with Crippen molar-refractivity contribution in [3.05, 3.63) is 0 Å². The van der Waals surface area contributed by atoms with E-state index in [4.69, 9.17) is 0 Å². The maximum Gasteiger partial charge on any atom is 0.315 e. The van der Waals surface area contributed by atoms with Crippen molar-refractivity contribution < 1.29 is 4.79 Å². The second kappa shape index (κ2) is 3.20. The van der Waals surface area contributed by atoms with E-state index in [9.17, 15) is 4.79 Å². The van der Waals surface area contributed by atoms with Crippen LogP contribution >= 0.6 is 0 Å². The van der Waals surface area contributed by atoms with Crippen molar-refractivity contribution in [2.45, 2.75) is 45.2 Å². The highest BCUT2D eigenvalue weighted by atomic mass is 16.2. The molecule has 2 rings (SSSR count). The summed E-state index contributed by atoms with van der Waals surface area (Å²) in [6.07, 6.45) is 3.50. The normalized spacial score (nSPS) is 41.1. The first-order valence-electron chi connectivity index (χ1n) is 5.27. The number of amides is 2. The van der Waals surface area contributed by atoms with Gasteiger partial charge in [-0.15, -0.1) is 0 Å². The van der Waals surface area contributed by atoms with E-state index < -0.39 is 0 Å². The Morgan fingerprint density at radius 3 is 2.38 bits per heavy atom. The lowest BCUT2D eigenvalue weighted by Gasteiger charge is -2.05. The maximum atomic E-state index is 11.3. The summed E-state index contributed by atoms with van der Waals surface area (Å²) in [5.74, 6) is 1.43. The van der Waals surface area contributed by atoms with E-state index in [0.717, 1.165) is 12.3 Å². The lowest BCUT2D eigenvalue weighted by atomic mass is 10.3. The fraction of sp³-hybridized carbons (Fsp3) is 0.900. The number of carbonyl (C=O) groups is 1. The van der Waals surface area contributed by atoms with Gasteiger partial charge in [-0.1, -0.05) is 20.3 Å². The summed E-state index contributed by atoms with van der Waals surface area (Å²) < 4.78 is 0. The molecule has 0 unspecified atom stereocenters. The van der Waals surface area contributed by atoms with Gasteiger partial charge in [-0.25, -0.2) is 4.79 Å². The Balaban J connectivity index is 1.62. The van der Waals surface area contributed by atoms with Crippen molar-refractivity contribution in [1.29, 1.82) is 0 Å². The molecule has 2 aliphatic rings. The molecule has 3 nitrogen and oxygen atoms in total. The zero-order valence-electron chi connectivity index (χ0n) is 8.34. The number of nitrogens with one attached hydrogen (secondary N) is 2. The Morgan fingerprint density at radius 1 is 1.31 bits per heavy atom. The van der Waals surface area contributed by atoms with Crippen LogP contribution in [0.4, 0.5) is 4.79 Å². The van der Waals surface area contributed by atoms with Gasteiger partial charge in [0.1, 0.15) is 0 Å². The Bertz CT molecular complexity index is 217. The van der Waals surface area contributed by atoms with Crippen molar-refractivity contribution in [2.75, 3.05) is 0 Å². The van der Waals surface area contributed by atoms with E-state index in [-0.39, 0.29) is 6.03 Å². The van der Waals surface area contributed by atoms with Crippen LogP contribution in [0.15, 0.2) is 0 Å². The molecule has 0 bridgehead atoms. The zero-order chi connectivity index (χ0) is 9.42. The summed E-state index contributed by atoms with van der Waals surface area (Å²) >= 11 is 0. The van der Waals surface area contributed by atoms with Crippen molar-refractivity contribution in [3.8, 4) is 0 Å². The highest BCUT2D eigenvalue weighted by Crippen LogP contribution is 2.33. The van der Waals surface area contributed by atoms with Crippen LogP contribution < -0.4 is 10.6 Å². The lowest BCUT2D eigenvalue weighted by molar-refractivity contribution is 0.239. The number of urea groups is 1. The molecule has 4 atom stereocenters. The van der Waals surface area contributed by atoms with Crippen LogP contribution in [0.5, 0.6) is 0 Å². The molecule has 13 heavy (non-hydrogen) atoms. The van der Waals surface area contributed by atoms with Gasteiger partial charge in [-0.3, -0.25) is 0 Å². The molecule has 2 N–H and O–H groups in total. The van der Waals surface area contributed by atoms with E-state index in [0.29, 0.717) is 18.0 Å². The van der Waals surface area contributed by atoms with Crippen LogP contribution in [0.25, 0.3) is 0 Å². The molecule has 0 saturated heterocycles. The summed E-state index contributed by atoms with van der Waals surface area (Å²) in [5.41, 5.74) is 0. The van der Waals surface area contributed by atoms with Crippen LogP contribution in [0, 0.1) is 11.8 Å². The van der Waals surface area contributed by atoms with Gasteiger partial charge in [-0.2, -0.15) is 0 Å². The molecular formula is C10H18N2O. The van der Waals surface area contributed by atoms with Crippen molar-refractivity contribution in [2.24, 2.45) is 11.8 Å². The van der Waals surface area contributed by atoms with Gasteiger partial charge in [0.2, 0.25) is 0 Å². The Labute approximate surface area is 79.3 Å². The molecule has 2 aliphatic carbocycles. The molecule has 2 fully saturated rings. The first kappa shape index (κ1) is 8.85. The van der Waals surface area contributed by atoms with Crippen molar-refractivity contribution >= 4 is 6.03 Å². The Morgan fingerprint density at radius 2 is 1.92 bits per heavy atom. The number of carbonyl (C=O) groups excluding carboxylic acids is 1. The molecule has 74 valence electrons. The average Bonchev–Trinajstić information content (AvgIpc) is 2.93. The van der Waals surface area contributed by atoms with Crippen molar-refractivity contribution in [3.63, 3.8) is 0 Å². The lowest BCUT2D eigenvalue weighted by Crippen LogP contribution is -2.39. The summed E-state index contributed by atoms with van der Waals surface area (Å²) in [6.45, 7) is 4.34. The number of hydrogen-bond donors (Lipinski definition) is 2.